The molecule has 0 fully saturated rings. The van der Waals surface area contributed by atoms with E-state index >= 15 is 0 Å². The van der Waals surface area contributed by atoms with Crippen molar-refractivity contribution < 1.29 is 15.0 Å². The van der Waals surface area contributed by atoms with Gasteiger partial charge in [0.25, 0.3) is 0 Å². The lowest BCUT2D eigenvalue weighted by atomic mass is 9.98. The minimum atomic E-state index is -1.05. The Morgan fingerprint density at radius 2 is 2.21 bits per heavy atom. The molecule has 1 aromatic rings. The molecular weight excluding hydrogens is 246 g/mol. The molecule has 0 saturated carbocycles. The van der Waals surface area contributed by atoms with Crippen molar-refractivity contribution in [3.63, 3.8) is 0 Å². The maximum atomic E-state index is 11.0. The second kappa shape index (κ2) is 7.53. The first-order chi connectivity index (χ1) is 9.04. The molecule has 0 bridgehead atoms. The topological polar surface area (TPSA) is 106 Å². The van der Waals surface area contributed by atoms with Crippen LogP contribution in [0, 0.1) is 0 Å². The molecule has 6 heteroatoms. The van der Waals surface area contributed by atoms with Gasteiger partial charge in [0.15, 0.2) is 0 Å². The molecule has 1 aromatic carbocycles. The number of azide groups is 1. The zero-order chi connectivity index (χ0) is 14.3. The second-order valence-electron chi connectivity index (χ2n) is 4.38. The van der Waals surface area contributed by atoms with Gasteiger partial charge >= 0.3 is 0 Å². The summed E-state index contributed by atoms with van der Waals surface area (Å²) in [6.45, 7) is 1.62. The van der Waals surface area contributed by atoms with Crippen molar-refractivity contribution in [3.05, 3.63) is 45.8 Å². The highest BCUT2D eigenvalue weighted by Crippen LogP contribution is 2.20. The summed E-state index contributed by atoms with van der Waals surface area (Å²) in [5.41, 5.74) is 9.48. The van der Waals surface area contributed by atoms with E-state index in [1.54, 1.807) is 24.3 Å². The number of rotatable bonds is 7. The highest BCUT2D eigenvalue weighted by molar-refractivity contribution is 5.78. The molecule has 0 aliphatic rings. The Hall–Kier alpha value is -1.88. The van der Waals surface area contributed by atoms with Gasteiger partial charge in [0.05, 0.1) is 6.10 Å². The fraction of sp³-hybridized carbons (Fsp3) is 0.462. The van der Waals surface area contributed by atoms with Crippen LogP contribution < -0.4 is 0 Å². The van der Waals surface area contributed by atoms with Gasteiger partial charge in [-0.3, -0.25) is 4.79 Å². The molecule has 6 nitrogen and oxygen atoms in total. The molecule has 102 valence electrons. The normalized spacial score (nSPS) is 13.4. The van der Waals surface area contributed by atoms with Crippen LogP contribution in [0.1, 0.15) is 30.6 Å². The largest absolute Gasteiger partial charge is 0.390 e. The van der Waals surface area contributed by atoms with Gasteiger partial charge in [-0.15, -0.1) is 0 Å². The van der Waals surface area contributed by atoms with Gasteiger partial charge in [0, 0.05) is 17.9 Å². The molecule has 2 atom stereocenters. The summed E-state index contributed by atoms with van der Waals surface area (Å²) in [5, 5.41) is 23.1. The van der Waals surface area contributed by atoms with Crippen LogP contribution in [0.4, 0.5) is 0 Å². The number of ketones is 1. The molecule has 0 spiro atoms. The molecule has 0 saturated heterocycles. The minimum absolute atomic E-state index is 0.0375. The van der Waals surface area contributed by atoms with Crippen molar-refractivity contribution in [1.82, 2.24) is 0 Å². The number of Topliss-reactive ketones (excluding diaryl/α,β-unsaturated/α-hetero) is 1. The first-order valence-corrected chi connectivity index (χ1v) is 6.00. The molecule has 0 aromatic heterocycles. The van der Waals surface area contributed by atoms with Gasteiger partial charge in [-0.1, -0.05) is 29.4 Å². The van der Waals surface area contributed by atoms with Crippen molar-refractivity contribution >= 4 is 5.78 Å². The minimum Gasteiger partial charge on any atom is -0.390 e. The number of aliphatic hydroxyl groups is 2. The van der Waals surface area contributed by atoms with E-state index in [1.165, 1.54) is 6.92 Å². The first kappa shape index (κ1) is 15.2. The van der Waals surface area contributed by atoms with Crippen molar-refractivity contribution in [1.29, 1.82) is 0 Å². The molecule has 0 heterocycles. The van der Waals surface area contributed by atoms with Gasteiger partial charge in [-0.25, -0.2) is 0 Å². The summed E-state index contributed by atoms with van der Waals surface area (Å²) >= 11 is 0. The third-order valence-electron chi connectivity index (χ3n) is 2.70. The Kier molecular flexibility index (Phi) is 6.02. The fourth-order valence-corrected chi connectivity index (χ4v) is 1.79. The van der Waals surface area contributed by atoms with Crippen LogP contribution in [0.25, 0.3) is 10.4 Å². The SMILES string of the molecule is CC(=O)Cc1cccc(C(O)C(O)CCN=[N+]=[N-])c1. The predicted molar refractivity (Wildman–Crippen MR) is 70.4 cm³/mol. The molecule has 0 radical (unpaired) electrons. The van der Waals surface area contributed by atoms with Crippen molar-refractivity contribution in [2.75, 3.05) is 6.54 Å². The Morgan fingerprint density at radius 3 is 2.84 bits per heavy atom. The number of hydrogen-bond acceptors (Lipinski definition) is 4. The van der Waals surface area contributed by atoms with Crippen LogP contribution in [0.5, 0.6) is 0 Å². The van der Waals surface area contributed by atoms with Crippen LogP contribution in [-0.4, -0.2) is 28.6 Å². The fourth-order valence-electron chi connectivity index (χ4n) is 1.79. The van der Waals surface area contributed by atoms with Crippen LogP contribution >= 0.6 is 0 Å². The number of hydrogen-bond donors (Lipinski definition) is 2. The van der Waals surface area contributed by atoms with Crippen LogP contribution in [0.2, 0.25) is 0 Å². The van der Waals surface area contributed by atoms with Crippen LogP contribution in [0.3, 0.4) is 0 Å². The summed E-state index contributed by atoms with van der Waals surface area (Å²) in [4.78, 5) is 13.6. The number of benzene rings is 1. The van der Waals surface area contributed by atoms with E-state index in [0.29, 0.717) is 12.0 Å². The third kappa shape index (κ3) is 5.09. The summed E-state index contributed by atoms with van der Waals surface area (Å²) in [5.74, 6) is 0.0375. The van der Waals surface area contributed by atoms with Gasteiger partial charge in [0.1, 0.15) is 11.9 Å². The van der Waals surface area contributed by atoms with Crippen molar-refractivity contribution in [2.45, 2.75) is 32.0 Å². The van der Waals surface area contributed by atoms with Crippen molar-refractivity contribution in [3.8, 4) is 0 Å². The van der Waals surface area contributed by atoms with E-state index in [1.807, 2.05) is 0 Å². The Balaban J connectivity index is 2.72. The Bertz CT molecular complexity index is 484. The van der Waals surface area contributed by atoms with Gasteiger partial charge in [-0.05, 0) is 30.0 Å². The highest BCUT2D eigenvalue weighted by atomic mass is 16.3. The Morgan fingerprint density at radius 1 is 1.47 bits per heavy atom. The van der Waals surface area contributed by atoms with Crippen LogP contribution in [0.15, 0.2) is 29.4 Å². The molecule has 19 heavy (non-hydrogen) atoms. The third-order valence-corrected chi connectivity index (χ3v) is 2.70. The number of carbonyl (C=O) groups is 1. The second-order valence-corrected chi connectivity index (χ2v) is 4.38. The van der Waals surface area contributed by atoms with Crippen LogP contribution in [-0.2, 0) is 11.2 Å². The van der Waals surface area contributed by atoms with E-state index in [-0.39, 0.29) is 18.7 Å². The molecule has 0 amide bonds. The first-order valence-electron chi connectivity index (χ1n) is 6.00. The zero-order valence-corrected chi connectivity index (χ0v) is 10.7. The lowest BCUT2D eigenvalue weighted by Gasteiger charge is -2.18. The van der Waals surface area contributed by atoms with Gasteiger partial charge < -0.3 is 10.2 Å². The molecule has 1 rings (SSSR count). The average molecular weight is 263 g/mol. The lowest BCUT2D eigenvalue weighted by Crippen LogP contribution is -2.19. The Labute approximate surface area is 111 Å². The van der Waals surface area contributed by atoms with E-state index in [0.717, 1.165) is 5.56 Å². The van der Waals surface area contributed by atoms with E-state index in [2.05, 4.69) is 10.0 Å². The van der Waals surface area contributed by atoms with E-state index in [9.17, 15) is 15.0 Å². The quantitative estimate of drug-likeness (QED) is 0.445. The summed E-state index contributed by atoms with van der Waals surface area (Å²) in [6.07, 6.45) is -1.57. The van der Waals surface area contributed by atoms with Crippen molar-refractivity contribution in [2.24, 2.45) is 5.11 Å². The molecule has 2 unspecified atom stereocenters. The number of carbonyl (C=O) groups excluding carboxylic acids is 1. The molecule has 0 aliphatic heterocycles. The monoisotopic (exact) mass is 263 g/mol. The average Bonchev–Trinajstić information content (AvgIpc) is 2.37. The van der Waals surface area contributed by atoms with E-state index in [4.69, 9.17) is 5.53 Å². The standard InChI is InChI=1S/C13H17N3O3/c1-9(17)7-10-3-2-4-11(8-10)13(19)12(18)5-6-15-16-14/h2-4,8,12-13,18-19H,5-7H2,1H3. The zero-order valence-electron chi connectivity index (χ0n) is 10.7. The van der Waals surface area contributed by atoms with Gasteiger partial charge in [0.2, 0.25) is 0 Å². The van der Waals surface area contributed by atoms with Gasteiger partial charge in [-0.2, -0.15) is 0 Å². The maximum absolute atomic E-state index is 11.0. The number of nitrogens with zero attached hydrogens (tertiary/aromatic N) is 3. The molecule has 2 N–H and O–H groups in total. The smallest absolute Gasteiger partial charge is 0.134 e. The maximum Gasteiger partial charge on any atom is 0.134 e. The summed E-state index contributed by atoms with van der Waals surface area (Å²) in [7, 11) is 0. The predicted octanol–water partition coefficient (Wildman–Crippen LogP) is 1.91. The summed E-state index contributed by atoms with van der Waals surface area (Å²) < 4.78 is 0. The summed E-state index contributed by atoms with van der Waals surface area (Å²) in [6, 6.07) is 6.91. The molecule has 0 aliphatic carbocycles. The molecular formula is C13H17N3O3. The lowest BCUT2D eigenvalue weighted by molar-refractivity contribution is -0.116. The van der Waals surface area contributed by atoms with E-state index < -0.39 is 12.2 Å². The number of aliphatic hydroxyl groups excluding tert-OH is 2. The highest BCUT2D eigenvalue weighted by Gasteiger charge is 2.18.